The van der Waals surface area contributed by atoms with Crippen molar-refractivity contribution in [1.82, 2.24) is 20.6 Å². The molecule has 9 heteroatoms. The Kier molecular flexibility index (Phi) is 5.90. The smallest absolute Gasteiger partial charge is 0.228 e. The molecule has 1 heterocycles. The summed E-state index contributed by atoms with van der Waals surface area (Å²) in [4.78, 5) is 12.9. The van der Waals surface area contributed by atoms with E-state index in [2.05, 4.69) is 32.0 Å². The number of aromatic amines is 1. The van der Waals surface area contributed by atoms with Crippen LogP contribution in [-0.4, -0.2) is 40.8 Å². The van der Waals surface area contributed by atoms with Crippen LogP contribution in [0.25, 0.3) is 22.5 Å². The van der Waals surface area contributed by atoms with Crippen molar-refractivity contribution in [2.24, 2.45) is 5.92 Å². The van der Waals surface area contributed by atoms with Gasteiger partial charge in [-0.05, 0) is 70.6 Å². The third kappa shape index (κ3) is 4.44. The summed E-state index contributed by atoms with van der Waals surface area (Å²) in [7, 11) is 3.08. The number of H-pyrrole nitrogens is 1. The molecule has 1 aromatic heterocycles. The highest BCUT2D eigenvalue weighted by Crippen LogP contribution is 2.48. The van der Waals surface area contributed by atoms with Crippen LogP contribution in [0.3, 0.4) is 0 Å². The van der Waals surface area contributed by atoms with Crippen LogP contribution in [0.2, 0.25) is 0 Å². The number of carbonyl (C=O) groups is 1. The Balaban J connectivity index is 1.46. The molecule has 1 fully saturated rings. The molecule has 0 saturated heterocycles. The molecule has 3 aromatic carbocycles. The number of carbonyl (C=O) groups excluding carboxylic acids is 1. The highest BCUT2D eigenvalue weighted by molar-refractivity contribution is 5.97. The molecular formula is C26H24FN5O3. The van der Waals surface area contributed by atoms with Crippen molar-refractivity contribution < 1.29 is 18.7 Å². The van der Waals surface area contributed by atoms with Crippen molar-refractivity contribution in [2.45, 2.75) is 19.3 Å². The molecule has 0 spiro atoms. The van der Waals surface area contributed by atoms with Crippen LogP contribution in [0.4, 0.5) is 10.1 Å². The zero-order chi connectivity index (χ0) is 24.5. The monoisotopic (exact) mass is 473 g/mol. The summed E-state index contributed by atoms with van der Waals surface area (Å²) >= 11 is 0. The van der Waals surface area contributed by atoms with Crippen LogP contribution >= 0.6 is 0 Å². The van der Waals surface area contributed by atoms with Crippen molar-refractivity contribution in [2.75, 3.05) is 19.5 Å². The predicted octanol–water partition coefficient (Wildman–Crippen LogP) is 4.74. The van der Waals surface area contributed by atoms with Gasteiger partial charge >= 0.3 is 0 Å². The average Bonchev–Trinajstić information content (AvgIpc) is 3.50. The number of aromatic nitrogens is 4. The quantitative estimate of drug-likeness (QED) is 0.402. The van der Waals surface area contributed by atoms with Crippen molar-refractivity contribution in [3.8, 4) is 34.0 Å². The van der Waals surface area contributed by atoms with Crippen molar-refractivity contribution >= 4 is 11.6 Å². The van der Waals surface area contributed by atoms with E-state index in [9.17, 15) is 4.79 Å². The van der Waals surface area contributed by atoms with Gasteiger partial charge in [0.25, 0.3) is 0 Å². The molecule has 2 unspecified atom stereocenters. The minimum Gasteiger partial charge on any atom is -0.493 e. The molecule has 0 aliphatic heterocycles. The molecule has 1 aliphatic rings. The first kappa shape index (κ1) is 22.5. The van der Waals surface area contributed by atoms with Gasteiger partial charge in [0, 0.05) is 11.5 Å². The first-order chi connectivity index (χ1) is 17.0. The van der Waals surface area contributed by atoms with Crippen molar-refractivity contribution in [3.05, 3.63) is 71.5 Å². The van der Waals surface area contributed by atoms with E-state index in [1.807, 2.05) is 25.1 Å². The summed E-state index contributed by atoms with van der Waals surface area (Å²) in [5.41, 5.74) is 4.08. The number of nitrogens with one attached hydrogen (secondary N) is 2. The Morgan fingerprint density at radius 2 is 1.89 bits per heavy atom. The Bertz CT molecular complexity index is 1390. The summed E-state index contributed by atoms with van der Waals surface area (Å²) in [6, 6.07) is 16.3. The number of halogens is 1. The number of tetrazole rings is 1. The lowest BCUT2D eigenvalue weighted by Crippen LogP contribution is -2.16. The Morgan fingerprint density at radius 1 is 1.06 bits per heavy atom. The van der Waals surface area contributed by atoms with Gasteiger partial charge in [-0.25, -0.2) is 9.49 Å². The predicted molar refractivity (Wildman–Crippen MR) is 129 cm³/mol. The molecule has 5 rings (SSSR count). The van der Waals surface area contributed by atoms with Crippen LogP contribution in [0.5, 0.6) is 11.5 Å². The zero-order valence-electron chi connectivity index (χ0n) is 19.5. The van der Waals surface area contributed by atoms with Gasteiger partial charge in [-0.2, -0.15) is 0 Å². The molecule has 1 aliphatic carbocycles. The average molecular weight is 474 g/mol. The SMILES string of the molecule is COc1ccc(-c2cc(F)c(NC(=O)C3CC3c3cccc(C)c3)cc2-c2nnn[nH]2)cc1OC. The topological polar surface area (TPSA) is 102 Å². The number of amides is 1. The van der Waals surface area contributed by atoms with Gasteiger partial charge in [0.2, 0.25) is 5.91 Å². The minimum absolute atomic E-state index is 0.0699. The van der Waals surface area contributed by atoms with Gasteiger partial charge < -0.3 is 14.8 Å². The Hall–Kier alpha value is -4.27. The number of anilines is 1. The van der Waals surface area contributed by atoms with E-state index in [1.54, 1.807) is 31.4 Å². The molecule has 1 saturated carbocycles. The molecular weight excluding hydrogens is 449 g/mol. The van der Waals surface area contributed by atoms with E-state index >= 15 is 4.39 Å². The van der Waals surface area contributed by atoms with Crippen LogP contribution in [-0.2, 0) is 4.79 Å². The first-order valence-electron chi connectivity index (χ1n) is 11.2. The summed E-state index contributed by atoms with van der Waals surface area (Å²) in [6.45, 7) is 2.02. The normalized spacial score (nSPS) is 16.6. The standard InChI is InChI=1S/C26H24FN5O3/c1-14-5-4-6-15(9-14)17-11-20(17)26(33)28-22-13-19(25-29-31-32-30-25)18(12-21(22)27)16-7-8-23(34-2)24(10-16)35-3/h4-10,12-13,17,20H,11H2,1-3H3,(H,28,33)(H,29,30,31,32). The second-order valence-electron chi connectivity index (χ2n) is 8.55. The second-order valence-corrected chi connectivity index (χ2v) is 8.55. The molecule has 0 bridgehead atoms. The summed E-state index contributed by atoms with van der Waals surface area (Å²) < 4.78 is 26.0. The second kappa shape index (κ2) is 9.17. The fraction of sp³-hybridized carbons (Fsp3) is 0.231. The van der Waals surface area contributed by atoms with Gasteiger partial charge in [-0.1, -0.05) is 35.9 Å². The number of nitrogens with zero attached hydrogens (tertiary/aromatic N) is 3. The molecule has 178 valence electrons. The lowest BCUT2D eigenvalue weighted by molar-refractivity contribution is -0.117. The molecule has 35 heavy (non-hydrogen) atoms. The van der Waals surface area contributed by atoms with Gasteiger partial charge in [0.05, 0.1) is 19.9 Å². The minimum atomic E-state index is -0.563. The maximum absolute atomic E-state index is 15.3. The maximum Gasteiger partial charge on any atom is 0.228 e. The van der Waals surface area contributed by atoms with Crippen LogP contribution < -0.4 is 14.8 Å². The van der Waals surface area contributed by atoms with E-state index in [-0.39, 0.29) is 23.4 Å². The van der Waals surface area contributed by atoms with Gasteiger partial charge in [0.1, 0.15) is 5.82 Å². The van der Waals surface area contributed by atoms with E-state index in [0.29, 0.717) is 34.0 Å². The van der Waals surface area contributed by atoms with Crippen LogP contribution in [0.1, 0.15) is 23.5 Å². The Morgan fingerprint density at radius 3 is 2.60 bits per heavy atom. The highest BCUT2D eigenvalue weighted by atomic mass is 19.1. The van der Waals surface area contributed by atoms with Gasteiger partial charge in [-0.15, -0.1) is 5.10 Å². The summed E-state index contributed by atoms with van der Waals surface area (Å²) in [6.07, 6.45) is 0.736. The van der Waals surface area contributed by atoms with E-state index in [1.165, 1.54) is 13.2 Å². The van der Waals surface area contributed by atoms with Crippen LogP contribution in [0.15, 0.2) is 54.6 Å². The lowest BCUT2D eigenvalue weighted by Gasteiger charge is -2.14. The molecule has 0 radical (unpaired) electrons. The highest BCUT2D eigenvalue weighted by Gasteiger charge is 2.44. The van der Waals surface area contributed by atoms with E-state index in [0.717, 1.165) is 17.5 Å². The van der Waals surface area contributed by atoms with Crippen molar-refractivity contribution in [1.29, 1.82) is 0 Å². The van der Waals surface area contributed by atoms with Gasteiger partial charge in [0.15, 0.2) is 17.3 Å². The third-order valence-corrected chi connectivity index (χ3v) is 6.26. The number of benzene rings is 3. The third-order valence-electron chi connectivity index (χ3n) is 6.26. The molecule has 1 amide bonds. The van der Waals surface area contributed by atoms with Crippen LogP contribution in [0, 0.1) is 18.7 Å². The largest absolute Gasteiger partial charge is 0.493 e. The number of aryl methyl sites for hydroxylation is 1. The number of hydrogen-bond acceptors (Lipinski definition) is 6. The number of ether oxygens (including phenoxy) is 2. The summed E-state index contributed by atoms with van der Waals surface area (Å²) in [5.74, 6) is 0.563. The molecule has 4 aromatic rings. The maximum atomic E-state index is 15.3. The molecule has 2 atom stereocenters. The Labute approximate surface area is 201 Å². The molecule has 2 N–H and O–H groups in total. The van der Waals surface area contributed by atoms with Crippen molar-refractivity contribution in [3.63, 3.8) is 0 Å². The fourth-order valence-electron chi connectivity index (χ4n) is 4.36. The fourth-order valence-corrected chi connectivity index (χ4v) is 4.36. The summed E-state index contributed by atoms with van der Waals surface area (Å²) in [5, 5.41) is 16.8. The zero-order valence-corrected chi connectivity index (χ0v) is 19.5. The molecule has 8 nitrogen and oxygen atoms in total. The lowest BCUT2D eigenvalue weighted by atomic mass is 9.97. The van der Waals surface area contributed by atoms with E-state index < -0.39 is 5.82 Å². The van der Waals surface area contributed by atoms with E-state index in [4.69, 9.17) is 9.47 Å². The number of methoxy groups -OCH3 is 2. The number of hydrogen-bond donors (Lipinski definition) is 2. The number of rotatable bonds is 7. The first-order valence-corrected chi connectivity index (χ1v) is 11.2. The van der Waals surface area contributed by atoms with Gasteiger partial charge in [-0.3, -0.25) is 4.79 Å².